The molecule has 0 aliphatic heterocycles. The third-order valence-electron chi connectivity index (χ3n) is 4.91. The summed E-state index contributed by atoms with van der Waals surface area (Å²) in [6.07, 6.45) is 13.7. The second-order valence-corrected chi connectivity index (χ2v) is 6.26. The smallest absolute Gasteiger partial charge is 0.0381 e. The lowest BCUT2D eigenvalue weighted by atomic mass is 9.66. The maximum absolute atomic E-state index is 2.42. The normalized spacial score (nSPS) is 33.2. The van der Waals surface area contributed by atoms with Crippen LogP contribution in [0.4, 0.5) is 0 Å². The summed E-state index contributed by atoms with van der Waals surface area (Å²) in [7, 11) is 0. The standard InChI is InChI=1S/C15H28/c1-3-5-14(15-10-12(2)11-15)9-8-13-6-4-7-13/h12-15H,3-11H2,1-2H3. The van der Waals surface area contributed by atoms with E-state index in [1.807, 2.05) is 0 Å². The van der Waals surface area contributed by atoms with Crippen molar-refractivity contribution in [1.82, 2.24) is 0 Å². The van der Waals surface area contributed by atoms with Crippen molar-refractivity contribution >= 4 is 0 Å². The van der Waals surface area contributed by atoms with Crippen LogP contribution >= 0.6 is 0 Å². The van der Waals surface area contributed by atoms with Crippen LogP contribution in [0.2, 0.25) is 0 Å². The molecule has 0 radical (unpaired) electrons. The molecule has 0 heterocycles. The van der Waals surface area contributed by atoms with Crippen molar-refractivity contribution in [3.8, 4) is 0 Å². The Labute approximate surface area is 95.8 Å². The Hall–Kier alpha value is 0. The van der Waals surface area contributed by atoms with Gasteiger partial charge in [0.05, 0.1) is 0 Å². The second-order valence-electron chi connectivity index (χ2n) is 6.26. The first-order valence-electron chi connectivity index (χ1n) is 7.29. The summed E-state index contributed by atoms with van der Waals surface area (Å²) in [6, 6.07) is 0. The van der Waals surface area contributed by atoms with E-state index in [0.717, 1.165) is 23.7 Å². The molecule has 88 valence electrons. The number of rotatable bonds is 6. The van der Waals surface area contributed by atoms with Crippen molar-refractivity contribution < 1.29 is 0 Å². The average Bonchev–Trinajstić information content (AvgIpc) is 2.09. The van der Waals surface area contributed by atoms with Gasteiger partial charge in [0.1, 0.15) is 0 Å². The first kappa shape index (κ1) is 11.5. The van der Waals surface area contributed by atoms with Gasteiger partial charge in [-0.1, -0.05) is 52.4 Å². The second kappa shape index (κ2) is 5.37. The molecule has 0 nitrogen and oxygen atoms in total. The highest BCUT2D eigenvalue weighted by Crippen LogP contribution is 2.43. The topological polar surface area (TPSA) is 0 Å². The molecule has 0 aromatic carbocycles. The van der Waals surface area contributed by atoms with Gasteiger partial charge in [0.15, 0.2) is 0 Å². The Morgan fingerprint density at radius 3 is 2.33 bits per heavy atom. The molecule has 0 aromatic heterocycles. The summed E-state index contributed by atoms with van der Waals surface area (Å²) in [5, 5.41) is 0. The fourth-order valence-corrected chi connectivity index (χ4v) is 3.57. The molecular formula is C15H28. The van der Waals surface area contributed by atoms with E-state index >= 15 is 0 Å². The molecule has 2 aliphatic carbocycles. The maximum Gasteiger partial charge on any atom is -0.0381 e. The minimum absolute atomic E-state index is 1.04. The van der Waals surface area contributed by atoms with Crippen molar-refractivity contribution in [3.05, 3.63) is 0 Å². The van der Waals surface area contributed by atoms with Crippen LogP contribution in [0.25, 0.3) is 0 Å². The third-order valence-corrected chi connectivity index (χ3v) is 4.91. The zero-order chi connectivity index (χ0) is 10.7. The van der Waals surface area contributed by atoms with Crippen LogP contribution in [0.1, 0.15) is 71.6 Å². The zero-order valence-electron chi connectivity index (χ0n) is 10.7. The largest absolute Gasteiger partial charge is 0.0654 e. The summed E-state index contributed by atoms with van der Waals surface area (Å²) >= 11 is 0. The Morgan fingerprint density at radius 2 is 1.87 bits per heavy atom. The lowest BCUT2D eigenvalue weighted by Crippen LogP contribution is -2.29. The minimum Gasteiger partial charge on any atom is -0.0654 e. The van der Waals surface area contributed by atoms with E-state index in [-0.39, 0.29) is 0 Å². The lowest BCUT2D eigenvalue weighted by Gasteiger charge is -2.40. The molecule has 2 fully saturated rings. The molecule has 1 atom stereocenters. The van der Waals surface area contributed by atoms with E-state index in [0.29, 0.717) is 0 Å². The fraction of sp³-hybridized carbons (Fsp3) is 1.00. The van der Waals surface area contributed by atoms with E-state index in [2.05, 4.69) is 13.8 Å². The van der Waals surface area contributed by atoms with Crippen LogP contribution in [0.5, 0.6) is 0 Å². The predicted octanol–water partition coefficient (Wildman–Crippen LogP) is 5.03. The van der Waals surface area contributed by atoms with Crippen molar-refractivity contribution in [2.24, 2.45) is 23.7 Å². The van der Waals surface area contributed by atoms with Crippen LogP contribution < -0.4 is 0 Å². The Balaban J connectivity index is 1.67. The predicted molar refractivity (Wildman–Crippen MR) is 66.9 cm³/mol. The van der Waals surface area contributed by atoms with Gasteiger partial charge in [0.2, 0.25) is 0 Å². The maximum atomic E-state index is 2.42. The van der Waals surface area contributed by atoms with Crippen LogP contribution in [-0.2, 0) is 0 Å². The zero-order valence-corrected chi connectivity index (χ0v) is 10.7. The summed E-state index contributed by atoms with van der Waals surface area (Å²) in [5.74, 6) is 4.37. The third kappa shape index (κ3) is 2.98. The molecule has 1 unspecified atom stereocenters. The van der Waals surface area contributed by atoms with Crippen LogP contribution in [0.15, 0.2) is 0 Å². The summed E-state index contributed by atoms with van der Waals surface area (Å²) < 4.78 is 0. The van der Waals surface area contributed by atoms with Gasteiger partial charge in [0.25, 0.3) is 0 Å². The Kier molecular flexibility index (Phi) is 4.11. The van der Waals surface area contributed by atoms with Gasteiger partial charge in [-0.3, -0.25) is 0 Å². The highest BCUT2D eigenvalue weighted by Gasteiger charge is 2.32. The minimum atomic E-state index is 1.04. The average molecular weight is 208 g/mol. The van der Waals surface area contributed by atoms with E-state index in [1.165, 1.54) is 32.1 Å². The summed E-state index contributed by atoms with van der Waals surface area (Å²) in [5.41, 5.74) is 0. The van der Waals surface area contributed by atoms with E-state index in [9.17, 15) is 0 Å². The highest BCUT2D eigenvalue weighted by molar-refractivity contribution is 4.83. The van der Waals surface area contributed by atoms with Gasteiger partial charge in [0, 0.05) is 0 Å². The summed E-state index contributed by atoms with van der Waals surface area (Å²) in [6.45, 7) is 4.78. The number of hydrogen-bond acceptors (Lipinski definition) is 0. The molecular weight excluding hydrogens is 180 g/mol. The molecule has 2 saturated carbocycles. The first-order chi connectivity index (χ1) is 7.29. The van der Waals surface area contributed by atoms with Gasteiger partial charge < -0.3 is 0 Å². The van der Waals surface area contributed by atoms with Gasteiger partial charge in [-0.2, -0.15) is 0 Å². The van der Waals surface area contributed by atoms with Crippen molar-refractivity contribution in [3.63, 3.8) is 0 Å². The molecule has 2 aliphatic rings. The molecule has 0 spiro atoms. The molecule has 0 amide bonds. The van der Waals surface area contributed by atoms with Crippen LogP contribution in [0.3, 0.4) is 0 Å². The quantitative estimate of drug-likeness (QED) is 0.574. The molecule has 0 heteroatoms. The fourth-order valence-electron chi connectivity index (χ4n) is 3.57. The van der Waals surface area contributed by atoms with Crippen LogP contribution in [0, 0.1) is 23.7 Å². The van der Waals surface area contributed by atoms with Crippen LogP contribution in [-0.4, -0.2) is 0 Å². The van der Waals surface area contributed by atoms with Crippen molar-refractivity contribution in [2.75, 3.05) is 0 Å². The SMILES string of the molecule is CCCC(CCC1CCC1)C1CC(C)C1. The molecule has 0 N–H and O–H groups in total. The van der Waals surface area contributed by atoms with E-state index in [1.54, 1.807) is 25.7 Å². The molecule has 2 rings (SSSR count). The van der Waals surface area contributed by atoms with Gasteiger partial charge in [-0.05, 0) is 42.9 Å². The molecule has 0 aromatic rings. The van der Waals surface area contributed by atoms with E-state index in [4.69, 9.17) is 0 Å². The van der Waals surface area contributed by atoms with Gasteiger partial charge >= 0.3 is 0 Å². The van der Waals surface area contributed by atoms with Gasteiger partial charge in [-0.25, -0.2) is 0 Å². The van der Waals surface area contributed by atoms with Crippen molar-refractivity contribution in [2.45, 2.75) is 71.6 Å². The lowest BCUT2D eigenvalue weighted by molar-refractivity contribution is 0.112. The molecule has 15 heavy (non-hydrogen) atoms. The highest BCUT2D eigenvalue weighted by atomic mass is 14.4. The van der Waals surface area contributed by atoms with Crippen molar-refractivity contribution in [1.29, 1.82) is 0 Å². The molecule has 0 saturated heterocycles. The number of hydrogen-bond donors (Lipinski definition) is 0. The Morgan fingerprint density at radius 1 is 1.13 bits per heavy atom. The summed E-state index contributed by atoms with van der Waals surface area (Å²) in [4.78, 5) is 0. The first-order valence-corrected chi connectivity index (χ1v) is 7.29. The van der Waals surface area contributed by atoms with E-state index < -0.39 is 0 Å². The monoisotopic (exact) mass is 208 g/mol. The Bertz CT molecular complexity index is 174. The van der Waals surface area contributed by atoms with Gasteiger partial charge in [-0.15, -0.1) is 0 Å². The molecule has 0 bridgehead atoms.